The highest BCUT2D eigenvalue weighted by Gasteiger charge is 1.98. The Morgan fingerprint density at radius 1 is 0.333 bits per heavy atom. The van der Waals surface area contributed by atoms with Gasteiger partial charge >= 0.3 is 5.97 Å². The van der Waals surface area contributed by atoms with Gasteiger partial charge in [0.2, 0.25) is 0 Å². The number of rotatable bonds is 41. The van der Waals surface area contributed by atoms with Crippen LogP contribution < -0.4 is 0 Å². The Kier molecular flexibility index (Phi) is 40.2. The molecule has 0 saturated carbocycles. The first-order valence-corrected chi connectivity index (χ1v) is 17.3. The standard InChI is InChI=1S/C33H66O12/c1-2-3-4-5-6-7-8-9-10-11-13-36-15-17-38-19-21-40-23-25-42-27-29-44-31-32-45-30-28-43-26-24-41-22-20-39-18-16-37-14-12-33(34)35/h2-32H2,1H3,(H,34,35). The van der Waals surface area contributed by atoms with Crippen molar-refractivity contribution in [1.29, 1.82) is 0 Å². The first kappa shape index (κ1) is 44.1. The Morgan fingerprint density at radius 3 is 0.822 bits per heavy atom. The summed E-state index contributed by atoms with van der Waals surface area (Å²) >= 11 is 0. The third-order valence-corrected chi connectivity index (χ3v) is 6.45. The predicted octanol–water partition coefficient (Wildman–Crippen LogP) is 4.55. The van der Waals surface area contributed by atoms with Crippen molar-refractivity contribution in [3.63, 3.8) is 0 Å². The average Bonchev–Trinajstić information content (AvgIpc) is 3.03. The summed E-state index contributed by atoms with van der Waals surface area (Å²) in [6.07, 6.45) is 13.4. The first-order valence-electron chi connectivity index (χ1n) is 17.3. The molecular weight excluding hydrogens is 588 g/mol. The molecule has 0 unspecified atom stereocenters. The second-order valence-electron chi connectivity index (χ2n) is 10.4. The van der Waals surface area contributed by atoms with Gasteiger partial charge in [0.05, 0.1) is 132 Å². The number of carbonyl (C=O) groups is 1. The summed E-state index contributed by atoms with van der Waals surface area (Å²) in [6, 6.07) is 0. The lowest BCUT2D eigenvalue weighted by Crippen LogP contribution is -2.15. The van der Waals surface area contributed by atoms with Crippen LogP contribution in [0.5, 0.6) is 0 Å². The second-order valence-corrected chi connectivity index (χ2v) is 10.4. The van der Waals surface area contributed by atoms with Crippen LogP contribution in [0.4, 0.5) is 0 Å². The van der Waals surface area contributed by atoms with Crippen molar-refractivity contribution >= 4 is 5.97 Å². The number of ether oxygens (including phenoxy) is 10. The van der Waals surface area contributed by atoms with Crippen LogP contribution in [0.3, 0.4) is 0 Å². The minimum atomic E-state index is -0.870. The van der Waals surface area contributed by atoms with Gasteiger partial charge in [0.1, 0.15) is 0 Å². The van der Waals surface area contributed by atoms with Gasteiger partial charge in [-0.15, -0.1) is 0 Å². The molecule has 0 spiro atoms. The summed E-state index contributed by atoms with van der Waals surface area (Å²) in [6.45, 7) is 12.4. The molecule has 0 aliphatic heterocycles. The normalized spacial score (nSPS) is 11.5. The van der Waals surface area contributed by atoms with Crippen molar-refractivity contribution in [2.75, 3.05) is 132 Å². The van der Waals surface area contributed by atoms with Gasteiger partial charge < -0.3 is 52.5 Å². The molecule has 0 aromatic heterocycles. The minimum Gasteiger partial charge on any atom is -0.481 e. The number of unbranched alkanes of at least 4 members (excludes halogenated alkanes) is 9. The van der Waals surface area contributed by atoms with Crippen molar-refractivity contribution in [1.82, 2.24) is 0 Å². The molecule has 0 aliphatic rings. The summed E-state index contributed by atoms with van der Waals surface area (Å²) in [5.41, 5.74) is 0. The van der Waals surface area contributed by atoms with E-state index in [1.807, 2.05) is 0 Å². The Bertz CT molecular complexity index is 556. The van der Waals surface area contributed by atoms with E-state index in [2.05, 4.69) is 6.92 Å². The zero-order valence-electron chi connectivity index (χ0n) is 28.4. The fourth-order valence-corrected chi connectivity index (χ4v) is 3.93. The summed E-state index contributed by atoms with van der Waals surface area (Å²) in [7, 11) is 0. The second kappa shape index (κ2) is 41.1. The summed E-state index contributed by atoms with van der Waals surface area (Å²) in [4.78, 5) is 10.3. The Balaban J connectivity index is 3.04. The lowest BCUT2D eigenvalue weighted by atomic mass is 10.1. The smallest absolute Gasteiger partial charge is 0.305 e. The molecule has 0 atom stereocenters. The molecule has 0 rings (SSSR count). The van der Waals surface area contributed by atoms with Gasteiger partial charge in [-0.3, -0.25) is 4.79 Å². The van der Waals surface area contributed by atoms with E-state index in [1.165, 1.54) is 57.8 Å². The summed E-state index contributed by atoms with van der Waals surface area (Å²) in [5, 5.41) is 8.49. The third kappa shape index (κ3) is 43.1. The van der Waals surface area contributed by atoms with E-state index in [-0.39, 0.29) is 13.0 Å². The molecule has 0 heterocycles. The quantitative estimate of drug-likeness (QED) is 0.0929. The molecule has 0 fully saturated rings. The molecule has 0 radical (unpaired) electrons. The SMILES string of the molecule is CCCCCCCCCCCCOCCOCCOCCOCCOCCOCCOCCOCCOCCOCCC(=O)O. The van der Waals surface area contributed by atoms with Crippen LogP contribution in [0.2, 0.25) is 0 Å². The van der Waals surface area contributed by atoms with Crippen molar-refractivity contribution in [3.8, 4) is 0 Å². The van der Waals surface area contributed by atoms with E-state index < -0.39 is 5.97 Å². The zero-order valence-corrected chi connectivity index (χ0v) is 28.4. The largest absolute Gasteiger partial charge is 0.481 e. The number of carboxylic acids is 1. The molecule has 45 heavy (non-hydrogen) atoms. The van der Waals surface area contributed by atoms with Gasteiger partial charge in [0.25, 0.3) is 0 Å². The minimum absolute atomic E-state index is 0.00255. The molecule has 0 saturated heterocycles. The fraction of sp³-hybridized carbons (Fsp3) is 0.970. The maximum atomic E-state index is 10.3. The Labute approximate surface area is 273 Å². The topological polar surface area (TPSA) is 130 Å². The van der Waals surface area contributed by atoms with Crippen LogP contribution in [0, 0.1) is 0 Å². The predicted molar refractivity (Wildman–Crippen MR) is 172 cm³/mol. The lowest BCUT2D eigenvalue weighted by molar-refractivity contribution is -0.138. The molecule has 12 heteroatoms. The molecule has 0 aliphatic carbocycles. The molecule has 1 N–H and O–H groups in total. The number of aliphatic carboxylic acids is 1. The van der Waals surface area contributed by atoms with Gasteiger partial charge in [-0.2, -0.15) is 0 Å². The van der Waals surface area contributed by atoms with Gasteiger partial charge in [-0.25, -0.2) is 0 Å². The molecule has 12 nitrogen and oxygen atoms in total. The van der Waals surface area contributed by atoms with Gasteiger partial charge in [-0.05, 0) is 6.42 Å². The van der Waals surface area contributed by atoms with Gasteiger partial charge in [0, 0.05) is 6.61 Å². The van der Waals surface area contributed by atoms with E-state index >= 15 is 0 Å². The summed E-state index contributed by atoms with van der Waals surface area (Å²) < 4.78 is 54.4. The molecule has 0 aromatic carbocycles. The van der Waals surface area contributed by atoms with Crippen LogP contribution in [-0.4, -0.2) is 143 Å². The van der Waals surface area contributed by atoms with Crippen molar-refractivity contribution in [3.05, 3.63) is 0 Å². The van der Waals surface area contributed by atoms with Crippen molar-refractivity contribution < 1.29 is 57.3 Å². The Hall–Kier alpha value is -0.930. The highest BCUT2D eigenvalue weighted by molar-refractivity contribution is 5.66. The summed E-state index contributed by atoms with van der Waals surface area (Å²) in [5.74, 6) is -0.870. The fourth-order valence-electron chi connectivity index (χ4n) is 3.93. The van der Waals surface area contributed by atoms with Crippen LogP contribution in [-0.2, 0) is 52.2 Å². The Morgan fingerprint density at radius 2 is 0.556 bits per heavy atom. The van der Waals surface area contributed by atoms with Crippen LogP contribution in [0.1, 0.15) is 77.6 Å². The maximum absolute atomic E-state index is 10.3. The molecule has 0 amide bonds. The zero-order chi connectivity index (χ0) is 32.6. The molecule has 0 aromatic rings. The number of carboxylic acid groups (broad SMARTS) is 1. The average molecular weight is 655 g/mol. The highest BCUT2D eigenvalue weighted by Crippen LogP contribution is 2.10. The first-order chi connectivity index (χ1) is 22.3. The van der Waals surface area contributed by atoms with Crippen LogP contribution in [0.15, 0.2) is 0 Å². The van der Waals surface area contributed by atoms with E-state index in [0.717, 1.165) is 13.0 Å². The van der Waals surface area contributed by atoms with Crippen molar-refractivity contribution in [2.24, 2.45) is 0 Å². The molecule has 270 valence electrons. The maximum Gasteiger partial charge on any atom is 0.305 e. The third-order valence-electron chi connectivity index (χ3n) is 6.45. The highest BCUT2D eigenvalue weighted by atomic mass is 16.6. The van der Waals surface area contributed by atoms with E-state index in [9.17, 15) is 4.79 Å². The molecule has 0 bridgehead atoms. The number of hydrogen-bond acceptors (Lipinski definition) is 11. The molecular formula is C33H66O12. The monoisotopic (exact) mass is 654 g/mol. The van der Waals surface area contributed by atoms with Crippen molar-refractivity contribution in [2.45, 2.75) is 77.6 Å². The van der Waals surface area contributed by atoms with E-state index in [1.54, 1.807) is 0 Å². The lowest BCUT2D eigenvalue weighted by Gasteiger charge is -2.09. The number of hydrogen-bond donors (Lipinski definition) is 1. The van der Waals surface area contributed by atoms with E-state index in [4.69, 9.17) is 52.5 Å². The van der Waals surface area contributed by atoms with E-state index in [0.29, 0.717) is 119 Å². The van der Waals surface area contributed by atoms with Gasteiger partial charge in [-0.1, -0.05) is 64.7 Å². The van der Waals surface area contributed by atoms with Crippen LogP contribution >= 0.6 is 0 Å². The van der Waals surface area contributed by atoms with Crippen LogP contribution in [0.25, 0.3) is 0 Å². The van der Waals surface area contributed by atoms with Gasteiger partial charge in [0.15, 0.2) is 0 Å².